The minimum Gasteiger partial charge on any atom is -0.386 e. The SMILES string of the molecule is CCNC(=NCC(O)c1ccc(C)cc1)NC1CC2CCC1O2.I. The van der Waals surface area contributed by atoms with Crippen molar-refractivity contribution < 1.29 is 9.84 Å². The van der Waals surface area contributed by atoms with Crippen LogP contribution in [0.15, 0.2) is 29.3 Å². The fourth-order valence-electron chi connectivity index (χ4n) is 3.36. The number of guanidine groups is 1. The smallest absolute Gasteiger partial charge is 0.191 e. The number of halogens is 1. The lowest BCUT2D eigenvalue weighted by Crippen LogP contribution is -2.47. The Morgan fingerprint density at radius 2 is 2.08 bits per heavy atom. The number of ether oxygens (including phenoxy) is 1. The Morgan fingerprint density at radius 1 is 1.33 bits per heavy atom. The van der Waals surface area contributed by atoms with Crippen molar-refractivity contribution in [1.29, 1.82) is 0 Å². The van der Waals surface area contributed by atoms with Crippen molar-refractivity contribution >= 4 is 29.9 Å². The van der Waals surface area contributed by atoms with Crippen molar-refractivity contribution in [3.8, 4) is 0 Å². The third kappa shape index (κ3) is 4.83. The molecule has 5 nitrogen and oxygen atoms in total. The Hall–Kier alpha value is -0.860. The van der Waals surface area contributed by atoms with Crippen LogP contribution in [0.3, 0.4) is 0 Å². The van der Waals surface area contributed by atoms with E-state index in [0.717, 1.165) is 30.9 Å². The molecule has 0 aromatic heterocycles. The monoisotopic (exact) mass is 445 g/mol. The van der Waals surface area contributed by atoms with Crippen LogP contribution in [-0.2, 0) is 4.74 Å². The summed E-state index contributed by atoms with van der Waals surface area (Å²) in [6, 6.07) is 8.28. The summed E-state index contributed by atoms with van der Waals surface area (Å²) < 4.78 is 5.88. The van der Waals surface area contributed by atoms with E-state index in [4.69, 9.17) is 4.74 Å². The van der Waals surface area contributed by atoms with Crippen LogP contribution in [0.2, 0.25) is 0 Å². The average Bonchev–Trinajstić information content (AvgIpc) is 3.16. The number of aliphatic imine (C=N–C) groups is 1. The molecule has 4 atom stereocenters. The predicted molar refractivity (Wildman–Crippen MR) is 107 cm³/mol. The van der Waals surface area contributed by atoms with E-state index in [0.29, 0.717) is 24.8 Å². The quantitative estimate of drug-likeness (QED) is 0.370. The third-order valence-corrected chi connectivity index (χ3v) is 4.66. The second kappa shape index (κ2) is 9.01. The van der Waals surface area contributed by atoms with E-state index in [-0.39, 0.29) is 24.0 Å². The molecule has 1 aromatic rings. The molecule has 2 aliphatic heterocycles. The highest BCUT2D eigenvalue weighted by Gasteiger charge is 2.41. The van der Waals surface area contributed by atoms with Gasteiger partial charge in [-0.3, -0.25) is 4.99 Å². The molecule has 0 saturated carbocycles. The molecule has 1 aromatic carbocycles. The number of hydrogen-bond donors (Lipinski definition) is 3. The van der Waals surface area contributed by atoms with Gasteiger partial charge in [-0.05, 0) is 38.7 Å². The number of aliphatic hydroxyl groups excluding tert-OH is 1. The fourth-order valence-corrected chi connectivity index (χ4v) is 3.36. The minimum atomic E-state index is -0.581. The molecule has 2 heterocycles. The molecule has 134 valence electrons. The molecule has 2 fully saturated rings. The van der Waals surface area contributed by atoms with Crippen molar-refractivity contribution in [2.75, 3.05) is 13.1 Å². The number of aliphatic hydroxyl groups is 1. The van der Waals surface area contributed by atoms with Gasteiger partial charge in [0, 0.05) is 6.54 Å². The normalized spacial score (nSPS) is 26.8. The highest BCUT2D eigenvalue weighted by molar-refractivity contribution is 14.0. The number of rotatable bonds is 5. The summed E-state index contributed by atoms with van der Waals surface area (Å²) >= 11 is 0. The van der Waals surface area contributed by atoms with Crippen LogP contribution in [0, 0.1) is 6.92 Å². The van der Waals surface area contributed by atoms with Crippen LogP contribution in [0.1, 0.15) is 43.4 Å². The zero-order valence-electron chi connectivity index (χ0n) is 14.4. The fraction of sp³-hybridized carbons (Fsp3) is 0.611. The first-order valence-corrected chi connectivity index (χ1v) is 8.60. The molecular formula is C18H28IN3O2. The molecule has 0 spiro atoms. The Labute approximate surface area is 161 Å². The summed E-state index contributed by atoms with van der Waals surface area (Å²) in [6.07, 6.45) is 3.51. The van der Waals surface area contributed by atoms with Gasteiger partial charge in [0.15, 0.2) is 5.96 Å². The van der Waals surface area contributed by atoms with Crippen LogP contribution in [-0.4, -0.2) is 42.4 Å². The maximum Gasteiger partial charge on any atom is 0.191 e. The summed E-state index contributed by atoms with van der Waals surface area (Å²) in [5.41, 5.74) is 2.09. The Balaban J connectivity index is 0.00000208. The predicted octanol–water partition coefficient (Wildman–Crippen LogP) is 2.52. The molecule has 24 heavy (non-hydrogen) atoms. The first kappa shape index (κ1) is 19.5. The average molecular weight is 445 g/mol. The molecule has 2 aliphatic rings. The van der Waals surface area contributed by atoms with Gasteiger partial charge in [0.1, 0.15) is 0 Å². The molecule has 4 unspecified atom stereocenters. The first-order chi connectivity index (χ1) is 11.2. The zero-order valence-corrected chi connectivity index (χ0v) is 16.7. The van der Waals surface area contributed by atoms with E-state index < -0.39 is 6.10 Å². The van der Waals surface area contributed by atoms with Gasteiger partial charge in [0.2, 0.25) is 0 Å². The Kier molecular flexibility index (Phi) is 7.31. The van der Waals surface area contributed by atoms with Crippen LogP contribution in [0.25, 0.3) is 0 Å². The second-order valence-electron chi connectivity index (χ2n) is 6.51. The molecule has 2 saturated heterocycles. The van der Waals surface area contributed by atoms with Crippen molar-refractivity contribution in [2.24, 2.45) is 4.99 Å². The lowest BCUT2D eigenvalue weighted by molar-refractivity contribution is 0.0992. The Bertz CT molecular complexity index is 550. The zero-order chi connectivity index (χ0) is 16.2. The molecule has 3 N–H and O–H groups in total. The lowest BCUT2D eigenvalue weighted by Gasteiger charge is -2.23. The van der Waals surface area contributed by atoms with Crippen molar-refractivity contribution in [3.05, 3.63) is 35.4 Å². The van der Waals surface area contributed by atoms with Crippen LogP contribution >= 0.6 is 24.0 Å². The molecule has 2 bridgehead atoms. The van der Waals surface area contributed by atoms with Gasteiger partial charge in [-0.1, -0.05) is 29.8 Å². The number of fused-ring (bicyclic) bond motifs is 2. The number of benzene rings is 1. The lowest BCUT2D eigenvalue weighted by atomic mass is 9.96. The van der Waals surface area contributed by atoms with E-state index in [9.17, 15) is 5.11 Å². The summed E-state index contributed by atoms with van der Waals surface area (Å²) in [7, 11) is 0. The third-order valence-electron chi connectivity index (χ3n) is 4.66. The number of hydrogen-bond acceptors (Lipinski definition) is 3. The number of nitrogens with zero attached hydrogens (tertiary/aromatic N) is 1. The van der Waals surface area contributed by atoms with E-state index in [1.807, 2.05) is 38.1 Å². The summed E-state index contributed by atoms with van der Waals surface area (Å²) in [5, 5.41) is 17.0. The molecule has 6 heteroatoms. The standard InChI is InChI=1S/C18H27N3O2.HI/c1-3-19-18(21-15-10-14-8-9-17(15)23-14)20-11-16(22)13-6-4-12(2)5-7-13;/h4-7,14-17,22H,3,8-11H2,1-2H3,(H2,19,20,21);1H. The van der Waals surface area contributed by atoms with Crippen LogP contribution < -0.4 is 10.6 Å². The van der Waals surface area contributed by atoms with E-state index in [1.54, 1.807) is 0 Å². The van der Waals surface area contributed by atoms with E-state index >= 15 is 0 Å². The molecule has 3 rings (SSSR count). The number of nitrogens with one attached hydrogen (secondary N) is 2. The van der Waals surface area contributed by atoms with Gasteiger partial charge in [-0.25, -0.2) is 0 Å². The summed E-state index contributed by atoms with van der Waals surface area (Å²) in [4.78, 5) is 4.55. The Morgan fingerprint density at radius 3 is 2.67 bits per heavy atom. The van der Waals surface area contributed by atoms with E-state index in [1.165, 1.54) is 12.0 Å². The maximum absolute atomic E-state index is 10.3. The van der Waals surface area contributed by atoms with E-state index in [2.05, 4.69) is 15.6 Å². The van der Waals surface area contributed by atoms with Crippen molar-refractivity contribution in [2.45, 2.75) is 57.5 Å². The van der Waals surface area contributed by atoms with Crippen molar-refractivity contribution in [3.63, 3.8) is 0 Å². The van der Waals surface area contributed by atoms with Gasteiger partial charge in [0.25, 0.3) is 0 Å². The topological polar surface area (TPSA) is 65.9 Å². The first-order valence-electron chi connectivity index (χ1n) is 8.60. The van der Waals surface area contributed by atoms with Gasteiger partial charge in [0.05, 0.1) is 30.9 Å². The highest BCUT2D eigenvalue weighted by atomic mass is 127. The molecule has 0 radical (unpaired) electrons. The largest absolute Gasteiger partial charge is 0.386 e. The van der Waals surface area contributed by atoms with Gasteiger partial charge in [-0.15, -0.1) is 24.0 Å². The summed E-state index contributed by atoms with van der Waals surface area (Å²) in [5.74, 6) is 0.764. The molecular weight excluding hydrogens is 417 g/mol. The van der Waals surface area contributed by atoms with Crippen molar-refractivity contribution in [1.82, 2.24) is 10.6 Å². The van der Waals surface area contributed by atoms with Gasteiger partial charge < -0.3 is 20.5 Å². The van der Waals surface area contributed by atoms with Gasteiger partial charge >= 0.3 is 0 Å². The van der Waals surface area contributed by atoms with Gasteiger partial charge in [-0.2, -0.15) is 0 Å². The summed E-state index contributed by atoms with van der Waals surface area (Å²) in [6.45, 7) is 5.23. The highest BCUT2D eigenvalue weighted by Crippen LogP contribution is 2.34. The van der Waals surface area contributed by atoms with Crippen LogP contribution in [0.5, 0.6) is 0 Å². The molecule has 0 amide bonds. The maximum atomic E-state index is 10.3. The molecule has 0 aliphatic carbocycles. The number of aryl methyl sites for hydroxylation is 1. The second-order valence-corrected chi connectivity index (χ2v) is 6.51. The minimum absolute atomic E-state index is 0. The van der Waals surface area contributed by atoms with Crippen LogP contribution in [0.4, 0.5) is 0 Å².